The van der Waals surface area contributed by atoms with Crippen LogP contribution in [0.25, 0.3) is 11.1 Å². The van der Waals surface area contributed by atoms with Crippen LogP contribution in [0.1, 0.15) is 17.3 Å². The van der Waals surface area contributed by atoms with E-state index >= 15 is 0 Å². The minimum absolute atomic E-state index is 0.185. The predicted octanol–water partition coefficient (Wildman–Crippen LogP) is 4.26. The fraction of sp³-hybridized carbons (Fsp3) is 0.167. The number of hydrogen-bond acceptors (Lipinski definition) is 6. The highest BCUT2D eigenvalue weighted by molar-refractivity contribution is 5.97. The number of phenolic OH excluding ortho intramolecular Hbond substituents is 1. The summed E-state index contributed by atoms with van der Waals surface area (Å²) in [4.78, 5) is 24.8. The molecule has 160 valence electrons. The summed E-state index contributed by atoms with van der Waals surface area (Å²) in [5.74, 6) is 0.118. The summed E-state index contributed by atoms with van der Waals surface area (Å²) < 4.78 is 15.7. The summed E-state index contributed by atoms with van der Waals surface area (Å²) in [6, 6.07) is 18.5. The van der Waals surface area contributed by atoms with E-state index in [-0.39, 0.29) is 5.75 Å². The predicted molar refractivity (Wildman–Crippen MR) is 117 cm³/mol. The summed E-state index contributed by atoms with van der Waals surface area (Å²) in [5, 5.41) is 12.1. The third-order valence-corrected chi connectivity index (χ3v) is 4.63. The van der Waals surface area contributed by atoms with Crippen molar-refractivity contribution in [2.45, 2.75) is 13.0 Å². The number of ether oxygens (including phenoxy) is 3. The average molecular weight is 421 g/mol. The molecule has 7 nitrogen and oxygen atoms in total. The van der Waals surface area contributed by atoms with Gasteiger partial charge in [-0.2, -0.15) is 0 Å². The first-order valence-corrected chi connectivity index (χ1v) is 9.54. The Bertz CT molecular complexity index is 1060. The van der Waals surface area contributed by atoms with Crippen LogP contribution in [-0.2, 0) is 9.53 Å². The van der Waals surface area contributed by atoms with Crippen molar-refractivity contribution in [1.29, 1.82) is 0 Å². The quantitative estimate of drug-likeness (QED) is 0.554. The number of rotatable bonds is 7. The Labute approximate surface area is 180 Å². The molecule has 0 unspecified atom stereocenters. The minimum atomic E-state index is -1.00. The molecule has 3 rings (SSSR count). The number of anilines is 1. The normalized spacial score (nSPS) is 11.3. The maximum atomic E-state index is 12.4. The van der Waals surface area contributed by atoms with Crippen LogP contribution in [0, 0.1) is 0 Å². The van der Waals surface area contributed by atoms with Gasteiger partial charge in [0.25, 0.3) is 5.91 Å². The smallest absolute Gasteiger partial charge is 0.338 e. The monoisotopic (exact) mass is 421 g/mol. The van der Waals surface area contributed by atoms with Gasteiger partial charge in [0.05, 0.1) is 19.8 Å². The third-order valence-electron chi connectivity index (χ3n) is 4.63. The largest absolute Gasteiger partial charge is 0.508 e. The van der Waals surface area contributed by atoms with Crippen molar-refractivity contribution < 1.29 is 28.9 Å². The van der Waals surface area contributed by atoms with Crippen LogP contribution in [0.2, 0.25) is 0 Å². The van der Waals surface area contributed by atoms with Gasteiger partial charge in [0.2, 0.25) is 0 Å². The third kappa shape index (κ3) is 5.33. The van der Waals surface area contributed by atoms with Gasteiger partial charge in [-0.25, -0.2) is 4.79 Å². The molecule has 0 saturated carbocycles. The topological polar surface area (TPSA) is 94.1 Å². The lowest BCUT2D eigenvalue weighted by Gasteiger charge is -2.15. The van der Waals surface area contributed by atoms with Crippen molar-refractivity contribution >= 4 is 17.6 Å². The Morgan fingerprint density at radius 3 is 2.00 bits per heavy atom. The second-order valence-electron chi connectivity index (χ2n) is 6.73. The summed E-state index contributed by atoms with van der Waals surface area (Å²) in [6.45, 7) is 1.50. The Morgan fingerprint density at radius 1 is 0.839 bits per heavy atom. The molecule has 0 aliphatic heterocycles. The number of esters is 1. The van der Waals surface area contributed by atoms with E-state index in [0.29, 0.717) is 22.7 Å². The van der Waals surface area contributed by atoms with Crippen LogP contribution in [0.5, 0.6) is 17.2 Å². The second kappa shape index (κ2) is 9.67. The van der Waals surface area contributed by atoms with E-state index < -0.39 is 18.0 Å². The highest BCUT2D eigenvalue weighted by atomic mass is 16.5. The van der Waals surface area contributed by atoms with Crippen molar-refractivity contribution in [3.63, 3.8) is 0 Å². The highest BCUT2D eigenvalue weighted by Crippen LogP contribution is 2.30. The molecule has 0 spiro atoms. The number of methoxy groups -OCH3 is 2. The zero-order valence-electron chi connectivity index (χ0n) is 17.4. The lowest BCUT2D eigenvalue weighted by atomic mass is 10.0. The van der Waals surface area contributed by atoms with E-state index in [9.17, 15) is 14.7 Å². The van der Waals surface area contributed by atoms with E-state index in [1.54, 1.807) is 66.7 Å². The molecule has 0 radical (unpaired) electrons. The molecular formula is C24H23NO6. The van der Waals surface area contributed by atoms with E-state index in [1.807, 2.05) is 0 Å². The minimum Gasteiger partial charge on any atom is -0.508 e. The van der Waals surface area contributed by atoms with Crippen molar-refractivity contribution in [3.8, 4) is 28.4 Å². The summed E-state index contributed by atoms with van der Waals surface area (Å²) in [7, 11) is 3.02. The number of carbonyl (C=O) groups is 2. The van der Waals surface area contributed by atoms with Gasteiger partial charge >= 0.3 is 5.97 Å². The number of nitrogens with one attached hydrogen (secondary N) is 1. The SMILES string of the molecule is COc1ccc(NC(=O)[C@@H](C)OC(=O)c2ccc(-c3ccc(O)cc3)cc2)cc1OC. The summed E-state index contributed by atoms with van der Waals surface area (Å²) in [6.07, 6.45) is -1.00. The van der Waals surface area contributed by atoms with Crippen LogP contribution in [-0.4, -0.2) is 37.3 Å². The van der Waals surface area contributed by atoms with Gasteiger partial charge < -0.3 is 24.6 Å². The van der Waals surface area contributed by atoms with Crippen molar-refractivity contribution in [2.24, 2.45) is 0 Å². The van der Waals surface area contributed by atoms with Gasteiger partial charge in [0, 0.05) is 11.8 Å². The fourth-order valence-electron chi connectivity index (χ4n) is 2.89. The average Bonchev–Trinajstić information content (AvgIpc) is 2.79. The lowest BCUT2D eigenvalue weighted by molar-refractivity contribution is -0.123. The summed E-state index contributed by atoms with van der Waals surface area (Å²) in [5.41, 5.74) is 2.60. The first kappa shape index (κ1) is 21.7. The fourth-order valence-corrected chi connectivity index (χ4v) is 2.89. The molecule has 0 heterocycles. The van der Waals surface area contributed by atoms with Crippen LogP contribution in [0.4, 0.5) is 5.69 Å². The molecular weight excluding hydrogens is 398 g/mol. The van der Waals surface area contributed by atoms with Crippen molar-refractivity contribution in [2.75, 3.05) is 19.5 Å². The molecule has 3 aromatic rings. The lowest BCUT2D eigenvalue weighted by Crippen LogP contribution is -2.30. The van der Waals surface area contributed by atoms with Crippen LogP contribution in [0.15, 0.2) is 66.7 Å². The van der Waals surface area contributed by atoms with Crippen LogP contribution >= 0.6 is 0 Å². The van der Waals surface area contributed by atoms with Crippen molar-refractivity contribution in [3.05, 3.63) is 72.3 Å². The molecule has 0 aliphatic carbocycles. The van der Waals surface area contributed by atoms with E-state index in [4.69, 9.17) is 14.2 Å². The second-order valence-corrected chi connectivity index (χ2v) is 6.73. The van der Waals surface area contributed by atoms with E-state index in [1.165, 1.54) is 21.1 Å². The number of carbonyl (C=O) groups excluding carboxylic acids is 2. The van der Waals surface area contributed by atoms with Crippen LogP contribution in [0.3, 0.4) is 0 Å². The number of benzene rings is 3. The summed E-state index contributed by atoms with van der Waals surface area (Å²) >= 11 is 0. The van der Waals surface area contributed by atoms with Gasteiger partial charge in [0.15, 0.2) is 17.6 Å². The Hall–Kier alpha value is -4.00. The van der Waals surface area contributed by atoms with Crippen LogP contribution < -0.4 is 14.8 Å². The van der Waals surface area contributed by atoms with Gasteiger partial charge in [-0.3, -0.25) is 4.79 Å². The molecule has 0 bridgehead atoms. The Kier molecular flexibility index (Phi) is 6.77. The molecule has 3 aromatic carbocycles. The maximum Gasteiger partial charge on any atom is 0.338 e. The molecule has 0 aliphatic rings. The highest BCUT2D eigenvalue weighted by Gasteiger charge is 2.19. The van der Waals surface area contributed by atoms with E-state index in [0.717, 1.165) is 11.1 Å². The molecule has 0 aromatic heterocycles. The van der Waals surface area contributed by atoms with Gasteiger partial charge in [-0.05, 0) is 54.4 Å². The first-order chi connectivity index (χ1) is 14.9. The van der Waals surface area contributed by atoms with Gasteiger partial charge in [-0.15, -0.1) is 0 Å². The molecule has 1 amide bonds. The van der Waals surface area contributed by atoms with Crippen molar-refractivity contribution in [1.82, 2.24) is 0 Å². The molecule has 2 N–H and O–H groups in total. The Morgan fingerprint density at radius 2 is 1.42 bits per heavy atom. The molecule has 0 saturated heterocycles. The molecule has 1 atom stereocenters. The Balaban J connectivity index is 1.62. The standard InChI is InChI=1S/C24H23NO6/c1-15(23(27)25-19-10-13-21(29-2)22(14-19)30-3)31-24(28)18-6-4-16(5-7-18)17-8-11-20(26)12-9-17/h4-15,26H,1-3H3,(H,25,27)/t15-/m1/s1. The molecule has 31 heavy (non-hydrogen) atoms. The van der Waals surface area contributed by atoms with Gasteiger partial charge in [0.1, 0.15) is 5.75 Å². The number of aromatic hydroxyl groups is 1. The van der Waals surface area contributed by atoms with Gasteiger partial charge in [-0.1, -0.05) is 24.3 Å². The molecule has 7 heteroatoms. The maximum absolute atomic E-state index is 12.4. The zero-order valence-corrected chi connectivity index (χ0v) is 17.4. The first-order valence-electron chi connectivity index (χ1n) is 9.54. The zero-order chi connectivity index (χ0) is 22.4. The number of hydrogen-bond donors (Lipinski definition) is 2. The van der Waals surface area contributed by atoms with E-state index in [2.05, 4.69) is 5.32 Å². The molecule has 0 fully saturated rings. The number of phenols is 1. The number of amides is 1.